The highest BCUT2D eigenvalue weighted by Gasteiger charge is 2.15. The van der Waals surface area contributed by atoms with Crippen LogP contribution in [-0.2, 0) is 27.2 Å². The van der Waals surface area contributed by atoms with Gasteiger partial charge in [0.25, 0.3) is 5.56 Å². The lowest BCUT2D eigenvalue weighted by Crippen LogP contribution is -2.31. The lowest BCUT2D eigenvalue weighted by molar-refractivity contribution is 0.443. The van der Waals surface area contributed by atoms with E-state index in [1.54, 1.807) is 18.7 Å². The van der Waals surface area contributed by atoms with Gasteiger partial charge >= 0.3 is 5.69 Å². The van der Waals surface area contributed by atoms with Crippen LogP contribution < -0.4 is 16.6 Å². The second-order valence-corrected chi connectivity index (χ2v) is 6.10. The summed E-state index contributed by atoms with van der Waals surface area (Å²) in [5.74, 6) is 0.695. The Balaban J connectivity index is 1.79. The van der Waals surface area contributed by atoms with Gasteiger partial charge < -0.3 is 9.88 Å². The van der Waals surface area contributed by atoms with Gasteiger partial charge in [0, 0.05) is 26.3 Å². The average Bonchev–Trinajstić information content (AvgIpc) is 3.07. The van der Waals surface area contributed by atoms with Crippen molar-refractivity contribution in [2.45, 2.75) is 33.0 Å². The van der Waals surface area contributed by atoms with Crippen LogP contribution in [0.25, 0.3) is 11.2 Å². The molecule has 0 amide bonds. The first-order valence-electron chi connectivity index (χ1n) is 7.74. The van der Waals surface area contributed by atoms with E-state index in [4.69, 9.17) is 0 Å². The number of nitrogens with zero attached hydrogens (tertiary/aromatic N) is 5. The summed E-state index contributed by atoms with van der Waals surface area (Å²) in [6, 6.07) is 0.172. The Bertz CT molecular complexity index is 992. The Morgan fingerprint density at radius 2 is 2.04 bits per heavy atom. The molecule has 3 aromatic rings. The van der Waals surface area contributed by atoms with Crippen molar-refractivity contribution in [1.82, 2.24) is 34.2 Å². The smallest absolute Gasteiger partial charge is 0.324 e. The molecular weight excluding hydrogens is 310 g/mol. The molecule has 0 radical (unpaired) electrons. The molecule has 0 spiro atoms. The van der Waals surface area contributed by atoms with Crippen LogP contribution in [0, 0.1) is 6.92 Å². The molecule has 1 atom stereocenters. The minimum absolute atomic E-state index is 0.172. The van der Waals surface area contributed by atoms with Crippen LogP contribution in [0.15, 0.2) is 22.0 Å². The van der Waals surface area contributed by atoms with Gasteiger partial charge in [-0.05, 0) is 19.4 Å². The highest BCUT2D eigenvalue weighted by molar-refractivity contribution is 5.70. The molecular formula is C15H21N7O2. The minimum atomic E-state index is -0.465. The fourth-order valence-corrected chi connectivity index (χ4v) is 2.69. The molecule has 0 fully saturated rings. The molecule has 0 aliphatic carbocycles. The van der Waals surface area contributed by atoms with Crippen LogP contribution >= 0.6 is 0 Å². The Labute approximate surface area is 137 Å². The van der Waals surface area contributed by atoms with E-state index < -0.39 is 11.2 Å². The van der Waals surface area contributed by atoms with Gasteiger partial charge in [0.1, 0.15) is 5.82 Å². The maximum Gasteiger partial charge on any atom is 0.329 e. The summed E-state index contributed by atoms with van der Waals surface area (Å²) in [5.41, 5.74) is 1.02. The van der Waals surface area contributed by atoms with E-state index in [1.807, 2.05) is 24.0 Å². The zero-order valence-corrected chi connectivity index (χ0v) is 14.2. The topological polar surface area (TPSA) is 103 Å². The first kappa shape index (κ1) is 16.2. The van der Waals surface area contributed by atoms with Gasteiger partial charge in [-0.3, -0.25) is 19.0 Å². The molecule has 3 rings (SSSR count). The lowest BCUT2D eigenvalue weighted by atomic mass is 10.3. The molecule has 0 aromatic carbocycles. The third kappa shape index (κ3) is 2.90. The molecule has 9 heteroatoms. The largest absolute Gasteiger partial charge is 0.329 e. The first-order chi connectivity index (χ1) is 11.4. The summed E-state index contributed by atoms with van der Waals surface area (Å²) in [5, 5.41) is 7.64. The number of aromatic nitrogens is 6. The number of aromatic amines is 1. The summed E-state index contributed by atoms with van der Waals surface area (Å²) in [4.78, 5) is 30.4. The molecule has 0 bridgehead atoms. The Morgan fingerprint density at radius 3 is 2.71 bits per heavy atom. The fraction of sp³-hybridized carbons (Fsp3) is 0.467. The number of aryl methyl sites for hydroxylation is 3. The SMILES string of the molecule is Cc1cnn(C[C@@H](C)NCc2nc3c(c(=O)[nH]c(=O)n3C)n2C)c1. The van der Waals surface area contributed by atoms with Crippen molar-refractivity contribution >= 4 is 11.2 Å². The van der Waals surface area contributed by atoms with Crippen molar-refractivity contribution in [1.29, 1.82) is 0 Å². The normalized spacial score (nSPS) is 12.8. The molecule has 0 aliphatic heterocycles. The van der Waals surface area contributed by atoms with Crippen molar-refractivity contribution in [3.63, 3.8) is 0 Å². The minimum Gasteiger partial charge on any atom is -0.324 e. The van der Waals surface area contributed by atoms with Gasteiger partial charge in [0.15, 0.2) is 11.2 Å². The quantitative estimate of drug-likeness (QED) is 0.665. The first-order valence-corrected chi connectivity index (χ1v) is 7.74. The number of nitrogens with one attached hydrogen (secondary N) is 2. The standard InChI is InChI=1S/C15H21N7O2/c1-9-5-17-22(7-9)8-10(2)16-6-11-18-13-12(20(11)3)14(23)19-15(24)21(13)4/h5,7,10,16H,6,8H2,1-4H3,(H,19,23,24)/t10-/m1/s1. The number of rotatable bonds is 5. The van der Waals surface area contributed by atoms with E-state index in [1.165, 1.54) is 4.57 Å². The lowest BCUT2D eigenvalue weighted by Gasteiger charge is -2.13. The van der Waals surface area contributed by atoms with E-state index in [2.05, 4.69) is 27.3 Å². The van der Waals surface area contributed by atoms with Crippen LogP contribution in [0.3, 0.4) is 0 Å². The number of H-pyrrole nitrogens is 1. The van der Waals surface area contributed by atoms with Gasteiger partial charge in [0.2, 0.25) is 0 Å². The maximum absolute atomic E-state index is 12.0. The van der Waals surface area contributed by atoms with E-state index in [-0.39, 0.29) is 6.04 Å². The molecule has 3 heterocycles. The van der Waals surface area contributed by atoms with Crippen molar-refractivity contribution in [2.24, 2.45) is 14.1 Å². The van der Waals surface area contributed by atoms with Crippen molar-refractivity contribution in [3.05, 3.63) is 44.6 Å². The molecule has 2 N–H and O–H groups in total. The molecule has 0 unspecified atom stereocenters. The van der Waals surface area contributed by atoms with Gasteiger partial charge in [-0.2, -0.15) is 5.10 Å². The molecule has 0 aliphatic rings. The fourth-order valence-electron chi connectivity index (χ4n) is 2.69. The average molecular weight is 331 g/mol. The maximum atomic E-state index is 12.0. The highest BCUT2D eigenvalue weighted by atomic mass is 16.2. The molecule has 0 saturated heterocycles. The number of imidazole rings is 1. The van der Waals surface area contributed by atoms with Crippen molar-refractivity contribution in [3.8, 4) is 0 Å². The Morgan fingerprint density at radius 1 is 1.29 bits per heavy atom. The van der Waals surface area contributed by atoms with Crippen molar-refractivity contribution < 1.29 is 0 Å². The van der Waals surface area contributed by atoms with E-state index in [0.717, 1.165) is 12.1 Å². The zero-order chi connectivity index (χ0) is 17.4. The number of hydrogen-bond donors (Lipinski definition) is 2. The van der Waals surface area contributed by atoms with Crippen LogP contribution in [-0.4, -0.2) is 34.9 Å². The Kier molecular flexibility index (Phi) is 4.10. The third-order valence-corrected chi connectivity index (χ3v) is 4.06. The second-order valence-electron chi connectivity index (χ2n) is 6.10. The van der Waals surface area contributed by atoms with Gasteiger partial charge in [0.05, 0.1) is 19.3 Å². The van der Waals surface area contributed by atoms with E-state index >= 15 is 0 Å². The van der Waals surface area contributed by atoms with Gasteiger partial charge in [-0.1, -0.05) is 0 Å². The third-order valence-electron chi connectivity index (χ3n) is 4.06. The Hall–Kier alpha value is -2.68. The zero-order valence-electron chi connectivity index (χ0n) is 14.2. The van der Waals surface area contributed by atoms with E-state index in [0.29, 0.717) is 23.5 Å². The second kappa shape index (κ2) is 6.08. The van der Waals surface area contributed by atoms with Crippen LogP contribution in [0.1, 0.15) is 18.3 Å². The molecule has 0 saturated carbocycles. The summed E-state index contributed by atoms with van der Waals surface area (Å²) >= 11 is 0. The summed E-state index contributed by atoms with van der Waals surface area (Å²) in [6.45, 7) is 5.28. The predicted octanol–water partition coefficient (Wildman–Crippen LogP) is -0.356. The van der Waals surface area contributed by atoms with Gasteiger partial charge in [-0.15, -0.1) is 0 Å². The molecule has 3 aromatic heterocycles. The molecule has 24 heavy (non-hydrogen) atoms. The monoisotopic (exact) mass is 331 g/mol. The van der Waals surface area contributed by atoms with Crippen LogP contribution in [0.5, 0.6) is 0 Å². The van der Waals surface area contributed by atoms with Crippen molar-refractivity contribution in [2.75, 3.05) is 0 Å². The number of fused-ring (bicyclic) bond motifs is 1. The number of hydrogen-bond acceptors (Lipinski definition) is 5. The van der Waals surface area contributed by atoms with E-state index in [9.17, 15) is 9.59 Å². The summed E-state index contributed by atoms with van der Waals surface area (Å²) in [7, 11) is 3.36. The van der Waals surface area contributed by atoms with Crippen LogP contribution in [0.4, 0.5) is 0 Å². The molecule has 9 nitrogen and oxygen atoms in total. The predicted molar refractivity (Wildman–Crippen MR) is 89.8 cm³/mol. The highest BCUT2D eigenvalue weighted by Crippen LogP contribution is 2.08. The van der Waals surface area contributed by atoms with Gasteiger partial charge in [-0.25, -0.2) is 9.78 Å². The van der Waals surface area contributed by atoms with Crippen LogP contribution in [0.2, 0.25) is 0 Å². The summed E-state index contributed by atoms with van der Waals surface area (Å²) < 4.78 is 4.94. The molecule has 128 valence electrons. The summed E-state index contributed by atoms with van der Waals surface area (Å²) in [6.07, 6.45) is 3.81.